The Labute approximate surface area is 83.5 Å². The van der Waals surface area contributed by atoms with Gasteiger partial charge in [-0.1, -0.05) is 11.6 Å². The van der Waals surface area contributed by atoms with Crippen LogP contribution in [0.5, 0.6) is 0 Å². The number of alkyl halides is 4. The Morgan fingerprint density at radius 1 is 1.07 bits per heavy atom. The van der Waals surface area contributed by atoms with Crippen molar-refractivity contribution in [3.8, 4) is 0 Å². The molecule has 0 radical (unpaired) electrons. The lowest BCUT2D eigenvalue weighted by Gasteiger charge is -2.21. The molecule has 0 aromatic rings. The molecule has 0 saturated carbocycles. The fourth-order valence-electron chi connectivity index (χ4n) is 0.400. The van der Waals surface area contributed by atoms with E-state index in [1.165, 1.54) is 0 Å². The molecule has 0 N–H and O–H groups in total. The number of rotatable bonds is 3. The molecule has 0 aliphatic carbocycles. The Kier molecular flexibility index (Phi) is 3.68. The summed E-state index contributed by atoms with van der Waals surface area (Å²) in [7, 11) is -6.80. The van der Waals surface area contributed by atoms with Crippen LogP contribution in [0.25, 0.3) is 0 Å². The molecule has 0 amide bonds. The first-order valence-corrected chi connectivity index (χ1v) is 4.53. The average Bonchev–Trinajstić information content (AvgIpc) is 2.00. The molecule has 2 nitrogen and oxygen atoms in total. The third-order valence-electron chi connectivity index (χ3n) is 1.11. The Morgan fingerprint density at radius 3 is 1.60 bits per heavy atom. The van der Waals surface area contributed by atoms with Crippen molar-refractivity contribution in [1.29, 1.82) is 0 Å². The van der Waals surface area contributed by atoms with Crippen LogP contribution in [0.4, 0.5) is 30.2 Å². The lowest BCUT2D eigenvalue weighted by atomic mass is 10.3. The quantitative estimate of drug-likeness (QED) is 0.452. The van der Waals surface area contributed by atoms with Crippen LogP contribution in [0.2, 0.25) is 0 Å². The van der Waals surface area contributed by atoms with Crippen LogP contribution < -0.4 is 0 Å². The predicted octanol–water partition coefficient (Wildman–Crippen LogP) is 2.86. The van der Waals surface area contributed by atoms with Gasteiger partial charge in [0.25, 0.3) is 0 Å². The van der Waals surface area contributed by atoms with E-state index in [-0.39, 0.29) is 0 Å². The van der Waals surface area contributed by atoms with Crippen molar-refractivity contribution in [3.63, 3.8) is 0 Å². The average molecular weight is 281 g/mol. The highest BCUT2D eigenvalue weighted by Gasteiger charge is 2.68. The molecule has 11 heteroatoms. The van der Waals surface area contributed by atoms with Crippen LogP contribution in [0, 0.1) is 0 Å². The van der Waals surface area contributed by atoms with E-state index in [1.807, 2.05) is 0 Å². The second kappa shape index (κ2) is 3.81. The summed E-state index contributed by atoms with van der Waals surface area (Å²) in [5.41, 5.74) is 0. The minimum Gasteiger partial charge on any atom is -0.199 e. The maximum absolute atomic E-state index is 12.4. The van der Waals surface area contributed by atoms with Crippen LogP contribution in [0.1, 0.15) is 0 Å². The zero-order valence-electron chi connectivity index (χ0n) is 6.25. The summed E-state index contributed by atoms with van der Waals surface area (Å²) in [5, 5.41) is 0. The zero-order valence-corrected chi connectivity index (χ0v) is 7.82. The van der Waals surface area contributed by atoms with Gasteiger partial charge < -0.3 is 0 Å². The van der Waals surface area contributed by atoms with Crippen molar-refractivity contribution in [1.82, 2.24) is 0 Å². The van der Waals surface area contributed by atoms with Crippen molar-refractivity contribution in [3.05, 3.63) is 11.9 Å². The normalized spacial score (nSPS) is 17.1. The van der Waals surface area contributed by atoms with Crippen molar-refractivity contribution in [2.45, 2.75) is 10.4 Å². The van der Waals surface area contributed by atoms with Gasteiger partial charge in [-0.2, -0.15) is 34.8 Å². The van der Waals surface area contributed by atoms with E-state index in [4.69, 9.17) is 0 Å². The van der Waals surface area contributed by atoms with Gasteiger partial charge in [-0.25, -0.2) is 0 Å². The molecule has 0 aromatic carbocycles. The van der Waals surface area contributed by atoms with Gasteiger partial charge in [-0.15, -0.1) is 3.89 Å². The van der Waals surface area contributed by atoms with Crippen LogP contribution >= 0.6 is 11.6 Å². The van der Waals surface area contributed by atoms with E-state index < -0.39 is 32.5 Å². The van der Waals surface area contributed by atoms with E-state index >= 15 is 0 Å². The molecular weight excluding hydrogens is 281 g/mol. The van der Waals surface area contributed by atoms with E-state index in [1.54, 1.807) is 0 Å². The Morgan fingerprint density at radius 2 is 1.40 bits per heavy atom. The third kappa shape index (κ3) is 2.36. The van der Waals surface area contributed by atoms with E-state index in [0.29, 0.717) is 0 Å². The predicted molar refractivity (Wildman–Crippen MR) is 35.0 cm³/mol. The van der Waals surface area contributed by atoms with Crippen LogP contribution in [0.3, 0.4) is 0 Å². The number of hydrogen-bond acceptors (Lipinski definition) is 2. The molecule has 0 saturated heterocycles. The Bertz CT molecular complexity index is 382. The van der Waals surface area contributed by atoms with Gasteiger partial charge in [0.05, 0.1) is 0 Å². The van der Waals surface area contributed by atoms with Gasteiger partial charge in [-0.3, -0.25) is 0 Å². The molecule has 0 aliphatic rings. The molecule has 1 atom stereocenters. The van der Waals surface area contributed by atoms with Gasteiger partial charge in [0.2, 0.25) is 5.83 Å². The number of halogens is 8. The monoisotopic (exact) mass is 280 g/mol. The fraction of sp³-hybridized carbons (Fsp3) is 0.500. The highest BCUT2D eigenvalue weighted by molar-refractivity contribution is 7.89. The van der Waals surface area contributed by atoms with Crippen LogP contribution in [-0.2, 0) is 10.2 Å². The lowest BCUT2D eigenvalue weighted by molar-refractivity contribution is -0.0484. The maximum Gasteiger partial charge on any atom is 0.381 e. The minimum atomic E-state index is -6.80. The summed E-state index contributed by atoms with van der Waals surface area (Å²) in [6.45, 7) is 0. The summed E-state index contributed by atoms with van der Waals surface area (Å²) in [4.78, 5) is 0. The minimum absolute atomic E-state index is 3.72. The molecule has 0 fully saturated rings. The summed E-state index contributed by atoms with van der Waals surface area (Å²) in [6.07, 6.45) is -3.72. The third-order valence-corrected chi connectivity index (χ3v) is 2.77. The van der Waals surface area contributed by atoms with Gasteiger partial charge in [0.1, 0.15) is 0 Å². The first-order chi connectivity index (χ1) is 6.35. The second-order valence-electron chi connectivity index (χ2n) is 2.10. The van der Waals surface area contributed by atoms with Gasteiger partial charge in [-0.05, 0) is 0 Å². The molecule has 15 heavy (non-hydrogen) atoms. The highest BCUT2D eigenvalue weighted by Crippen LogP contribution is 2.47. The maximum atomic E-state index is 12.4. The van der Waals surface area contributed by atoms with E-state index in [2.05, 4.69) is 11.6 Å². The summed E-state index contributed by atoms with van der Waals surface area (Å²) < 4.78 is 97.3. The standard InChI is InChI=1S/C4ClF7O2S/c5-4(11,15(12,13)14)3(9,10)1(6)2(7)8. The lowest BCUT2D eigenvalue weighted by Crippen LogP contribution is -2.45. The zero-order chi connectivity index (χ0) is 12.7. The Hall–Kier alpha value is -0.510. The molecular formula is C4ClF7O2S. The highest BCUT2D eigenvalue weighted by atomic mass is 35.5. The van der Waals surface area contributed by atoms with Crippen molar-refractivity contribution < 1.29 is 38.6 Å². The van der Waals surface area contributed by atoms with Crippen molar-refractivity contribution in [2.24, 2.45) is 0 Å². The van der Waals surface area contributed by atoms with Gasteiger partial charge in [0, 0.05) is 0 Å². The van der Waals surface area contributed by atoms with Crippen LogP contribution in [-0.4, -0.2) is 18.8 Å². The summed E-state index contributed by atoms with van der Waals surface area (Å²) >= 11 is 3.86. The first-order valence-electron chi connectivity index (χ1n) is 2.76. The molecule has 0 aliphatic heterocycles. The van der Waals surface area contributed by atoms with E-state index in [0.717, 1.165) is 0 Å². The van der Waals surface area contributed by atoms with Crippen LogP contribution in [0.15, 0.2) is 11.9 Å². The second-order valence-corrected chi connectivity index (χ2v) is 4.29. The summed E-state index contributed by atoms with van der Waals surface area (Å²) in [5.74, 6) is -9.80. The molecule has 0 bridgehead atoms. The smallest absolute Gasteiger partial charge is 0.199 e. The fourth-order valence-corrected chi connectivity index (χ4v) is 0.878. The van der Waals surface area contributed by atoms with Gasteiger partial charge >= 0.3 is 26.7 Å². The molecule has 90 valence electrons. The van der Waals surface area contributed by atoms with Gasteiger partial charge in [0.15, 0.2) is 0 Å². The molecule has 1 unspecified atom stereocenters. The first kappa shape index (κ1) is 14.5. The Balaban J connectivity index is 5.71. The molecule has 0 heterocycles. The molecule has 0 aromatic heterocycles. The van der Waals surface area contributed by atoms with Crippen molar-refractivity contribution >= 4 is 21.8 Å². The molecule has 0 rings (SSSR count). The SMILES string of the molecule is O=S(=O)(F)C(F)(Cl)C(F)(F)C(F)=C(F)F. The number of hydrogen-bond donors (Lipinski definition) is 0. The largest absolute Gasteiger partial charge is 0.381 e. The number of allylic oxidation sites excluding steroid dienone is 1. The molecule has 0 spiro atoms. The topological polar surface area (TPSA) is 34.1 Å². The van der Waals surface area contributed by atoms with E-state index in [9.17, 15) is 38.6 Å². The summed E-state index contributed by atoms with van der Waals surface area (Å²) in [6, 6.07) is 0. The van der Waals surface area contributed by atoms with Crippen molar-refractivity contribution in [2.75, 3.05) is 0 Å².